The van der Waals surface area contributed by atoms with E-state index in [0.29, 0.717) is 5.75 Å². The maximum absolute atomic E-state index is 12.2. The lowest BCUT2D eigenvalue weighted by molar-refractivity contribution is -0.133. The van der Waals surface area contributed by atoms with E-state index >= 15 is 0 Å². The van der Waals surface area contributed by atoms with Gasteiger partial charge in [-0.2, -0.15) is 0 Å². The summed E-state index contributed by atoms with van der Waals surface area (Å²) in [4.78, 5) is 36.3. The van der Waals surface area contributed by atoms with E-state index in [-0.39, 0.29) is 24.2 Å². The third-order valence-electron chi connectivity index (χ3n) is 4.96. The minimum absolute atomic E-state index is 0.00119. The first-order valence-corrected chi connectivity index (χ1v) is 10.7. The van der Waals surface area contributed by atoms with Crippen molar-refractivity contribution in [2.75, 3.05) is 5.32 Å². The highest BCUT2D eigenvalue weighted by Gasteiger charge is 2.17. The smallest absolute Gasteiger partial charge is 0.279 e. The Hall–Kier alpha value is -3.35. The van der Waals surface area contributed by atoms with E-state index in [0.717, 1.165) is 22.4 Å². The number of aryl methyl sites for hydroxylation is 2. The van der Waals surface area contributed by atoms with E-state index in [9.17, 15) is 14.4 Å². The van der Waals surface area contributed by atoms with Crippen LogP contribution in [0.4, 0.5) is 5.69 Å². The van der Waals surface area contributed by atoms with Gasteiger partial charge >= 0.3 is 0 Å². The number of rotatable bonds is 7. The van der Waals surface area contributed by atoms with Crippen molar-refractivity contribution in [3.63, 3.8) is 0 Å². The first-order chi connectivity index (χ1) is 15.0. The van der Waals surface area contributed by atoms with Gasteiger partial charge in [0, 0.05) is 18.5 Å². The van der Waals surface area contributed by atoms with Gasteiger partial charge in [-0.15, -0.1) is 0 Å². The second-order valence-corrected chi connectivity index (χ2v) is 8.94. The number of hydrazine groups is 1. The number of amides is 3. The quantitative estimate of drug-likeness (QED) is 0.570. The summed E-state index contributed by atoms with van der Waals surface area (Å²) in [7, 11) is 0. The number of carbonyl (C=O) groups is 3. The minimum Gasteiger partial charge on any atom is -0.481 e. The summed E-state index contributed by atoms with van der Waals surface area (Å²) in [5, 5.41) is 2.79. The highest BCUT2D eigenvalue weighted by Crippen LogP contribution is 2.24. The van der Waals surface area contributed by atoms with E-state index in [1.54, 1.807) is 6.92 Å². The maximum atomic E-state index is 12.2. The van der Waals surface area contributed by atoms with E-state index in [1.165, 1.54) is 0 Å². The molecule has 0 spiro atoms. The number of nitrogens with one attached hydrogen (secondary N) is 3. The molecule has 0 fully saturated rings. The normalized spacial score (nSPS) is 11.9. The van der Waals surface area contributed by atoms with Gasteiger partial charge in [0.25, 0.3) is 5.91 Å². The molecule has 7 heteroatoms. The first kappa shape index (κ1) is 24.9. The van der Waals surface area contributed by atoms with Crippen molar-refractivity contribution in [3.05, 3.63) is 59.2 Å². The molecule has 0 aliphatic heterocycles. The number of anilines is 1. The first-order valence-electron chi connectivity index (χ1n) is 10.7. The van der Waals surface area contributed by atoms with Gasteiger partial charge < -0.3 is 10.1 Å². The molecule has 2 rings (SSSR count). The summed E-state index contributed by atoms with van der Waals surface area (Å²) in [6, 6.07) is 13.3. The minimum atomic E-state index is -0.802. The molecule has 0 saturated carbocycles. The van der Waals surface area contributed by atoms with Crippen molar-refractivity contribution in [1.29, 1.82) is 0 Å². The molecule has 172 valence electrons. The van der Waals surface area contributed by atoms with E-state index in [1.807, 2.05) is 56.3 Å². The standard InChI is InChI=1S/C25H33N3O4/c1-16-7-12-21(17(2)15-16)26-22(29)13-14-23(30)27-28-24(31)18(3)32-20-10-8-19(9-11-20)25(4,5)6/h7-12,15,18H,13-14H2,1-6H3,(H,26,29)(H,27,30)(H,28,31). The van der Waals surface area contributed by atoms with Gasteiger partial charge in [0.1, 0.15) is 5.75 Å². The van der Waals surface area contributed by atoms with E-state index in [4.69, 9.17) is 4.74 Å². The van der Waals surface area contributed by atoms with Gasteiger partial charge in [0.2, 0.25) is 11.8 Å². The largest absolute Gasteiger partial charge is 0.481 e. The van der Waals surface area contributed by atoms with Crippen LogP contribution in [0.1, 0.15) is 57.2 Å². The highest BCUT2D eigenvalue weighted by atomic mass is 16.5. The molecule has 0 radical (unpaired) electrons. The maximum Gasteiger partial charge on any atom is 0.279 e. The Morgan fingerprint density at radius 2 is 1.53 bits per heavy atom. The molecule has 0 aliphatic carbocycles. The number of hydrogen-bond donors (Lipinski definition) is 3. The van der Waals surface area contributed by atoms with Crippen LogP contribution in [0, 0.1) is 13.8 Å². The Kier molecular flexibility index (Phi) is 8.41. The van der Waals surface area contributed by atoms with Gasteiger partial charge in [-0.1, -0.05) is 50.6 Å². The molecule has 1 unspecified atom stereocenters. The zero-order valence-electron chi connectivity index (χ0n) is 19.7. The van der Waals surface area contributed by atoms with Crippen LogP contribution >= 0.6 is 0 Å². The van der Waals surface area contributed by atoms with Crippen LogP contribution in [0.15, 0.2) is 42.5 Å². The summed E-state index contributed by atoms with van der Waals surface area (Å²) < 4.78 is 5.63. The SMILES string of the molecule is Cc1ccc(NC(=O)CCC(=O)NNC(=O)C(C)Oc2ccc(C(C)(C)C)cc2)c(C)c1. The van der Waals surface area contributed by atoms with Crippen molar-refractivity contribution in [2.24, 2.45) is 0 Å². The average Bonchev–Trinajstić information content (AvgIpc) is 2.72. The zero-order valence-corrected chi connectivity index (χ0v) is 19.7. The number of carbonyl (C=O) groups excluding carboxylic acids is 3. The molecule has 0 bridgehead atoms. The Labute approximate surface area is 189 Å². The molecular formula is C25H33N3O4. The van der Waals surface area contributed by atoms with E-state index < -0.39 is 17.9 Å². The van der Waals surface area contributed by atoms with Crippen LogP contribution in [0.3, 0.4) is 0 Å². The van der Waals surface area contributed by atoms with Gasteiger partial charge in [-0.3, -0.25) is 25.2 Å². The molecule has 0 saturated heterocycles. The van der Waals surface area contributed by atoms with Crippen molar-refractivity contribution >= 4 is 23.4 Å². The Bertz CT molecular complexity index is 962. The molecule has 2 aromatic carbocycles. The van der Waals surface area contributed by atoms with Crippen LogP contribution in [-0.2, 0) is 19.8 Å². The third kappa shape index (κ3) is 7.72. The lowest BCUT2D eigenvalue weighted by Crippen LogP contribution is -2.47. The second kappa shape index (κ2) is 10.8. The molecule has 32 heavy (non-hydrogen) atoms. The second-order valence-electron chi connectivity index (χ2n) is 8.94. The number of benzene rings is 2. The average molecular weight is 440 g/mol. The summed E-state index contributed by atoms with van der Waals surface area (Å²) >= 11 is 0. The number of ether oxygens (including phenoxy) is 1. The molecule has 1 atom stereocenters. The summed E-state index contributed by atoms with van der Waals surface area (Å²) in [5.74, 6) is -0.655. The Morgan fingerprint density at radius 3 is 2.12 bits per heavy atom. The van der Waals surface area contributed by atoms with Crippen molar-refractivity contribution < 1.29 is 19.1 Å². The Balaban J connectivity index is 1.73. The predicted molar refractivity (Wildman–Crippen MR) is 125 cm³/mol. The molecule has 3 N–H and O–H groups in total. The van der Waals surface area contributed by atoms with Crippen LogP contribution < -0.4 is 20.9 Å². The predicted octanol–water partition coefficient (Wildman–Crippen LogP) is 3.93. The summed E-state index contributed by atoms with van der Waals surface area (Å²) in [5.41, 5.74) is 8.62. The molecule has 0 aromatic heterocycles. The Morgan fingerprint density at radius 1 is 0.906 bits per heavy atom. The molecule has 0 heterocycles. The fraction of sp³-hybridized carbons (Fsp3) is 0.400. The zero-order chi connectivity index (χ0) is 23.9. The van der Waals surface area contributed by atoms with Crippen LogP contribution in [0.25, 0.3) is 0 Å². The molecule has 2 aromatic rings. The highest BCUT2D eigenvalue weighted by molar-refractivity contribution is 5.94. The lowest BCUT2D eigenvalue weighted by Gasteiger charge is -2.20. The van der Waals surface area contributed by atoms with Crippen molar-refractivity contribution in [3.8, 4) is 5.75 Å². The molecule has 3 amide bonds. The topological polar surface area (TPSA) is 96.5 Å². The van der Waals surface area contributed by atoms with Crippen LogP contribution in [0.5, 0.6) is 5.75 Å². The van der Waals surface area contributed by atoms with Crippen molar-refractivity contribution in [1.82, 2.24) is 10.9 Å². The molecule has 7 nitrogen and oxygen atoms in total. The number of hydrogen-bond acceptors (Lipinski definition) is 4. The summed E-state index contributed by atoms with van der Waals surface area (Å²) in [6.07, 6.45) is -0.856. The van der Waals surface area contributed by atoms with Gasteiger partial charge in [-0.05, 0) is 55.5 Å². The van der Waals surface area contributed by atoms with Gasteiger partial charge in [0.15, 0.2) is 6.10 Å². The fourth-order valence-electron chi connectivity index (χ4n) is 2.98. The van der Waals surface area contributed by atoms with Crippen LogP contribution in [0.2, 0.25) is 0 Å². The molecular weight excluding hydrogens is 406 g/mol. The summed E-state index contributed by atoms with van der Waals surface area (Å²) in [6.45, 7) is 11.8. The monoisotopic (exact) mass is 439 g/mol. The van der Waals surface area contributed by atoms with E-state index in [2.05, 4.69) is 36.9 Å². The fourth-order valence-corrected chi connectivity index (χ4v) is 2.98. The third-order valence-corrected chi connectivity index (χ3v) is 4.96. The van der Waals surface area contributed by atoms with Gasteiger partial charge in [-0.25, -0.2) is 0 Å². The van der Waals surface area contributed by atoms with Crippen LogP contribution in [-0.4, -0.2) is 23.8 Å². The lowest BCUT2D eigenvalue weighted by atomic mass is 9.87. The van der Waals surface area contributed by atoms with Crippen molar-refractivity contribution in [2.45, 2.75) is 65.9 Å². The van der Waals surface area contributed by atoms with Gasteiger partial charge in [0.05, 0.1) is 0 Å². The molecule has 0 aliphatic rings.